The minimum atomic E-state index is -0.575. The third-order valence-corrected chi connectivity index (χ3v) is 2.39. The standard InChI is InChI=1S/C12H10FN3O2/c1-16-10(4-5-15-16)7-18-12-3-2-9(14-8-17)6-11(12)13/h2-6H,7H2,1H3. The van der Waals surface area contributed by atoms with E-state index in [1.807, 2.05) is 0 Å². The molecular formula is C12H10FN3O2. The number of hydrogen-bond donors (Lipinski definition) is 0. The predicted molar refractivity (Wildman–Crippen MR) is 61.7 cm³/mol. The van der Waals surface area contributed by atoms with Gasteiger partial charge in [-0.15, -0.1) is 0 Å². The van der Waals surface area contributed by atoms with Crippen molar-refractivity contribution in [3.63, 3.8) is 0 Å². The van der Waals surface area contributed by atoms with E-state index in [0.717, 1.165) is 11.8 Å². The summed E-state index contributed by atoms with van der Waals surface area (Å²) < 4.78 is 20.5. The zero-order valence-electron chi connectivity index (χ0n) is 9.63. The molecule has 0 aliphatic rings. The molecular weight excluding hydrogens is 237 g/mol. The van der Waals surface area contributed by atoms with E-state index in [-0.39, 0.29) is 18.0 Å². The SMILES string of the molecule is Cn1nccc1COc1ccc(N=C=O)cc1F. The maximum Gasteiger partial charge on any atom is 0.240 e. The second-order valence-electron chi connectivity index (χ2n) is 3.55. The Kier molecular flexibility index (Phi) is 3.50. The van der Waals surface area contributed by atoms with Crippen LogP contribution in [0.4, 0.5) is 10.1 Å². The second-order valence-corrected chi connectivity index (χ2v) is 3.55. The van der Waals surface area contributed by atoms with Crippen LogP contribution in [0.25, 0.3) is 0 Å². The van der Waals surface area contributed by atoms with Gasteiger partial charge in [-0.1, -0.05) is 0 Å². The summed E-state index contributed by atoms with van der Waals surface area (Å²) in [7, 11) is 1.77. The van der Waals surface area contributed by atoms with Crippen LogP contribution >= 0.6 is 0 Å². The highest BCUT2D eigenvalue weighted by atomic mass is 19.1. The molecule has 0 unspecified atom stereocenters. The Hall–Kier alpha value is -2.46. The molecule has 0 amide bonds. The van der Waals surface area contributed by atoms with Gasteiger partial charge in [-0.25, -0.2) is 9.18 Å². The minimum Gasteiger partial charge on any atom is -0.484 e. The molecule has 6 heteroatoms. The lowest BCUT2D eigenvalue weighted by Gasteiger charge is -2.07. The number of hydrogen-bond acceptors (Lipinski definition) is 4. The molecule has 1 aromatic heterocycles. The number of isocyanates is 1. The first-order valence-corrected chi connectivity index (χ1v) is 5.18. The van der Waals surface area contributed by atoms with Gasteiger partial charge >= 0.3 is 0 Å². The summed E-state index contributed by atoms with van der Waals surface area (Å²) in [6.45, 7) is 0.212. The first kappa shape index (κ1) is 12.0. The highest BCUT2D eigenvalue weighted by Crippen LogP contribution is 2.23. The molecule has 0 saturated heterocycles. The second kappa shape index (κ2) is 5.25. The van der Waals surface area contributed by atoms with Gasteiger partial charge in [0, 0.05) is 19.3 Å². The molecule has 0 aliphatic carbocycles. The Bertz CT molecular complexity index is 603. The lowest BCUT2D eigenvalue weighted by molar-refractivity contribution is 0.280. The van der Waals surface area contributed by atoms with Crippen molar-refractivity contribution >= 4 is 11.8 Å². The largest absolute Gasteiger partial charge is 0.484 e. The van der Waals surface area contributed by atoms with Gasteiger partial charge in [0.2, 0.25) is 6.08 Å². The van der Waals surface area contributed by atoms with E-state index in [1.165, 1.54) is 18.2 Å². The third kappa shape index (κ3) is 2.61. The Morgan fingerprint density at radius 2 is 2.33 bits per heavy atom. The molecule has 0 saturated carbocycles. The number of aromatic nitrogens is 2. The van der Waals surface area contributed by atoms with E-state index >= 15 is 0 Å². The van der Waals surface area contributed by atoms with Crippen molar-refractivity contribution in [2.45, 2.75) is 6.61 Å². The van der Waals surface area contributed by atoms with Gasteiger partial charge < -0.3 is 4.74 Å². The fraction of sp³-hybridized carbons (Fsp3) is 0.167. The van der Waals surface area contributed by atoms with E-state index in [0.29, 0.717) is 0 Å². The van der Waals surface area contributed by atoms with Crippen molar-refractivity contribution in [1.82, 2.24) is 9.78 Å². The highest BCUT2D eigenvalue weighted by Gasteiger charge is 2.06. The van der Waals surface area contributed by atoms with Crippen LogP contribution in [-0.2, 0) is 18.4 Å². The molecule has 0 fully saturated rings. The van der Waals surface area contributed by atoms with E-state index < -0.39 is 5.82 Å². The summed E-state index contributed by atoms with van der Waals surface area (Å²) in [5.74, 6) is -0.477. The average molecular weight is 247 g/mol. The van der Waals surface area contributed by atoms with Crippen molar-refractivity contribution in [1.29, 1.82) is 0 Å². The highest BCUT2D eigenvalue weighted by molar-refractivity contribution is 5.50. The van der Waals surface area contributed by atoms with Crippen LogP contribution in [0, 0.1) is 5.82 Å². The molecule has 0 spiro atoms. The maximum absolute atomic E-state index is 13.6. The fourth-order valence-corrected chi connectivity index (χ4v) is 1.42. The Morgan fingerprint density at radius 3 is 2.94 bits per heavy atom. The number of ether oxygens (including phenoxy) is 1. The number of benzene rings is 1. The lowest BCUT2D eigenvalue weighted by atomic mass is 10.3. The van der Waals surface area contributed by atoms with Crippen LogP contribution < -0.4 is 4.74 Å². The molecule has 1 aromatic carbocycles. The quantitative estimate of drug-likeness (QED) is 0.614. The molecule has 5 nitrogen and oxygen atoms in total. The van der Waals surface area contributed by atoms with Crippen molar-refractivity contribution < 1.29 is 13.9 Å². The fourth-order valence-electron chi connectivity index (χ4n) is 1.42. The van der Waals surface area contributed by atoms with Crippen LogP contribution in [-0.4, -0.2) is 15.9 Å². The number of aryl methyl sites for hydroxylation is 1. The van der Waals surface area contributed by atoms with Crippen molar-refractivity contribution in [2.24, 2.45) is 12.0 Å². The van der Waals surface area contributed by atoms with E-state index in [4.69, 9.17) is 4.74 Å². The average Bonchev–Trinajstić information content (AvgIpc) is 2.74. The van der Waals surface area contributed by atoms with E-state index in [1.54, 1.807) is 24.0 Å². The Morgan fingerprint density at radius 1 is 1.50 bits per heavy atom. The molecule has 92 valence electrons. The van der Waals surface area contributed by atoms with Gasteiger partial charge in [0.15, 0.2) is 11.6 Å². The summed E-state index contributed by atoms with van der Waals surface area (Å²) in [5.41, 5.74) is 1.03. The Balaban J connectivity index is 2.10. The summed E-state index contributed by atoms with van der Waals surface area (Å²) in [6.07, 6.45) is 2.98. The number of halogens is 1. The minimum absolute atomic E-state index is 0.0982. The first-order chi connectivity index (χ1) is 8.70. The van der Waals surface area contributed by atoms with Crippen LogP contribution in [0.3, 0.4) is 0 Å². The van der Waals surface area contributed by atoms with Crippen LogP contribution in [0.1, 0.15) is 5.69 Å². The molecule has 0 radical (unpaired) electrons. The first-order valence-electron chi connectivity index (χ1n) is 5.18. The van der Waals surface area contributed by atoms with Crippen molar-refractivity contribution in [2.75, 3.05) is 0 Å². The predicted octanol–water partition coefficient (Wildman–Crippen LogP) is 2.11. The van der Waals surface area contributed by atoms with Gasteiger partial charge in [0.25, 0.3) is 0 Å². The van der Waals surface area contributed by atoms with Gasteiger partial charge in [0.05, 0.1) is 11.4 Å². The molecule has 18 heavy (non-hydrogen) atoms. The summed E-state index contributed by atoms with van der Waals surface area (Å²) in [6, 6.07) is 5.79. The van der Waals surface area contributed by atoms with Crippen LogP contribution in [0.5, 0.6) is 5.75 Å². The number of rotatable bonds is 4. The molecule has 2 rings (SSSR count). The normalized spacial score (nSPS) is 9.89. The van der Waals surface area contributed by atoms with Gasteiger partial charge in [-0.3, -0.25) is 4.68 Å². The van der Waals surface area contributed by atoms with E-state index in [2.05, 4.69) is 10.1 Å². The molecule has 0 atom stereocenters. The Labute approximate surface area is 103 Å². The number of nitrogens with zero attached hydrogens (tertiary/aromatic N) is 3. The van der Waals surface area contributed by atoms with Crippen LogP contribution in [0.2, 0.25) is 0 Å². The molecule has 0 aliphatic heterocycles. The molecule has 1 heterocycles. The van der Waals surface area contributed by atoms with Gasteiger partial charge in [-0.05, 0) is 18.2 Å². The number of carbonyl (C=O) groups excluding carboxylic acids is 1. The number of aliphatic imine (C=N–C) groups is 1. The topological polar surface area (TPSA) is 56.5 Å². The van der Waals surface area contributed by atoms with Crippen molar-refractivity contribution in [3.05, 3.63) is 42.0 Å². The monoisotopic (exact) mass is 247 g/mol. The molecule has 2 aromatic rings. The maximum atomic E-state index is 13.6. The zero-order valence-corrected chi connectivity index (χ0v) is 9.63. The smallest absolute Gasteiger partial charge is 0.240 e. The third-order valence-electron chi connectivity index (χ3n) is 2.39. The summed E-state index contributed by atoms with van der Waals surface area (Å²) in [5, 5.41) is 3.97. The van der Waals surface area contributed by atoms with Crippen LogP contribution in [0.15, 0.2) is 35.5 Å². The zero-order chi connectivity index (χ0) is 13.0. The molecule has 0 N–H and O–H groups in total. The van der Waals surface area contributed by atoms with Gasteiger partial charge in [-0.2, -0.15) is 10.1 Å². The van der Waals surface area contributed by atoms with Gasteiger partial charge in [0.1, 0.15) is 6.61 Å². The summed E-state index contributed by atoms with van der Waals surface area (Å²) in [4.78, 5) is 13.4. The molecule has 0 bridgehead atoms. The summed E-state index contributed by atoms with van der Waals surface area (Å²) >= 11 is 0. The lowest BCUT2D eigenvalue weighted by Crippen LogP contribution is -2.03. The van der Waals surface area contributed by atoms with Crippen molar-refractivity contribution in [3.8, 4) is 5.75 Å². The van der Waals surface area contributed by atoms with E-state index in [9.17, 15) is 9.18 Å².